The van der Waals surface area contributed by atoms with Gasteiger partial charge in [0.05, 0.1) is 5.69 Å². The fourth-order valence-electron chi connectivity index (χ4n) is 2.21. The number of rotatable bonds is 8. The molecule has 0 spiro atoms. The quantitative estimate of drug-likeness (QED) is 0.500. The van der Waals surface area contributed by atoms with Crippen molar-refractivity contribution in [3.05, 3.63) is 76.0 Å². The molecule has 0 saturated heterocycles. The highest BCUT2D eigenvalue weighted by Gasteiger charge is 2.17. The number of aromatic nitrogens is 1. The molecule has 0 unspecified atom stereocenters. The minimum atomic E-state index is -3.05. The summed E-state index contributed by atoms with van der Waals surface area (Å²) in [6.45, 7) is -3.00. The number of ether oxygens (including phenoxy) is 3. The molecule has 1 aromatic heterocycles. The molecule has 28 heavy (non-hydrogen) atoms. The van der Waals surface area contributed by atoms with Gasteiger partial charge in [-0.2, -0.15) is 8.78 Å². The molecule has 0 aliphatic rings. The summed E-state index contributed by atoms with van der Waals surface area (Å²) in [6.07, 6.45) is 0. The van der Waals surface area contributed by atoms with Crippen molar-refractivity contribution >= 4 is 17.3 Å². The molecular weight excluding hydrogens is 395 g/mol. The summed E-state index contributed by atoms with van der Waals surface area (Å²) < 4.78 is 52.6. The summed E-state index contributed by atoms with van der Waals surface area (Å²) in [4.78, 5) is 16.4. The van der Waals surface area contributed by atoms with Gasteiger partial charge in [0.2, 0.25) is 0 Å². The second-order valence-electron chi connectivity index (χ2n) is 5.43. The number of carbonyl (C=O) groups excluding carboxylic acids is 1. The summed E-state index contributed by atoms with van der Waals surface area (Å²) in [5.74, 6) is -0.908. The number of nitrogens with zero attached hydrogens (tertiary/aromatic N) is 1. The van der Waals surface area contributed by atoms with Gasteiger partial charge in [-0.15, -0.1) is 11.3 Å². The molecule has 1 heterocycles. The molecule has 2 aromatic carbocycles. The Labute approximate surface area is 162 Å². The highest BCUT2D eigenvalue weighted by atomic mass is 32.1. The number of halogens is 3. The molecule has 3 aromatic rings. The van der Waals surface area contributed by atoms with E-state index in [1.807, 2.05) is 0 Å². The zero-order valence-corrected chi connectivity index (χ0v) is 15.1. The van der Waals surface area contributed by atoms with Crippen LogP contribution in [0.1, 0.15) is 21.1 Å². The van der Waals surface area contributed by atoms with E-state index in [0.29, 0.717) is 16.5 Å². The van der Waals surface area contributed by atoms with E-state index in [4.69, 9.17) is 9.47 Å². The Morgan fingerprint density at radius 3 is 2.57 bits per heavy atom. The standard InChI is InChI=1S/C19H14F3NO4S/c20-12-5-7-14(8-6-12)25-10-17-23-13(11-28-17)9-26-18(24)15-3-1-2-4-16(15)27-19(21)22/h1-8,11,19H,9-10H2. The molecule has 5 nitrogen and oxygen atoms in total. The van der Waals surface area contributed by atoms with E-state index in [0.717, 1.165) is 0 Å². The molecule has 146 valence electrons. The molecule has 0 aliphatic heterocycles. The van der Waals surface area contributed by atoms with Crippen LogP contribution in [0.25, 0.3) is 0 Å². The van der Waals surface area contributed by atoms with Gasteiger partial charge in [0.25, 0.3) is 0 Å². The van der Waals surface area contributed by atoms with Gasteiger partial charge in [-0.05, 0) is 36.4 Å². The van der Waals surface area contributed by atoms with Crippen LogP contribution in [0.2, 0.25) is 0 Å². The third-order valence-electron chi connectivity index (χ3n) is 3.45. The van der Waals surface area contributed by atoms with Crippen molar-refractivity contribution < 1.29 is 32.2 Å². The SMILES string of the molecule is O=C(OCc1csc(COc2ccc(F)cc2)n1)c1ccccc1OC(F)F. The Kier molecular flexibility index (Phi) is 6.49. The topological polar surface area (TPSA) is 57.7 Å². The van der Waals surface area contributed by atoms with Crippen LogP contribution in [-0.2, 0) is 18.0 Å². The van der Waals surface area contributed by atoms with E-state index in [-0.39, 0.29) is 30.3 Å². The number of hydrogen-bond acceptors (Lipinski definition) is 6. The minimum absolute atomic E-state index is 0.0992. The summed E-state index contributed by atoms with van der Waals surface area (Å²) >= 11 is 1.31. The molecular formula is C19H14F3NO4S. The Morgan fingerprint density at radius 1 is 1.07 bits per heavy atom. The first-order valence-electron chi connectivity index (χ1n) is 8.04. The van der Waals surface area contributed by atoms with E-state index in [1.54, 1.807) is 5.38 Å². The Hall–Kier alpha value is -3.07. The van der Waals surface area contributed by atoms with Crippen molar-refractivity contribution in [1.29, 1.82) is 0 Å². The van der Waals surface area contributed by atoms with Gasteiger partial charge in [-0.3, -0.25) is 0 Å². The zero-order chi connectivity index (χ0) is 19.9. The lowest BCUT2D eigenvalue weighted by molar-refractivity contribution is -0.0505. The van der Waals surface area contributed by atoms with Crippen molar-refractivity contribution in [2.24, 2.45) is 0 Å². The number of thiazole rings is 1. The molecule has 9 heteroatoms. The maximum atomic E-state index is 12.9. The normalized spacial score (nSPS) is 10.7. The number of para-hydroxylation sites is 1. The van der Waals surface area contributed by atoms with Crippen LogP contribution in [0.15, 0.2) is 53.9 Å². The average Bonchev–Trinajstić information content (AvgIpc) is 3.13. The molecule has 3 rings (SSSR count). The summed E-state index contributed by atoms with van der Waals surface area (Å²) in [5, 5.41) is 2.33. The zero-order valence-electron chi connectivity index (χ0n) is 14.3. The van der Waals surface area contributed by atoms with Gasteiger partial charge < -0.3 is 14.2 Å². The molecule has 0 saturated carbocycles. The lowest BCUT2D eigenvalue weighted by Crippen LogP contribution is -2.10. The first-order valence-corrected chi connectivity index (χ1v) is 8.92. The Bertz CT molecular complexity index is 931. The van der Waals surface area contributed by atoms with Crippen LogP contribution in [0.4, 0.5) is 13.2 Å². The van der Waals surface area contributed by atoms with Crippen molar-refractivity contribution in [3.63, 3.8) is 0 Å². The van der Waals surface area contributed by atoms with E-state index in [2.05, 4.69) is 9.72 Å². The predicted molar refractivity (Wildman–Crippen MR) is 95.0 cm³/mol. The number of carbonyl (C=O) groups is 1. The van der Waals surface area contributed by atoms with Crippen molar-refractivity contribution in [1.82, 2.24) is 4.98 Å². The first-order chi connectivity index (χ1) is 13.5. The second kappa shape index (κ2) is 9.23. The smallest absolute Gasteiger partial charge is 0.387 e. The molecule has 0 N–H and O–H groups in total. The van der Waals surface area contributed by atoms with Crippen LogP contribution in [0.5, 0.6) is 11.5 Å². The van der Waals surface area contributed by atoms with Crippen LogP contribution < -0.4 is 9.47 Å². The summed E-state index contributed by atoms with van der Waals surface area (Å²) in [6, 6.07) is 11.2. The second-order valence-corrected chi connectivity index (χ2v) is 6.37. The van der Waals surface area contributed by atoms with Crippen molar-refractivity contribution in [2.45, 2.75) is 19.8 Å². The fourth-order valence-corrected chi connectivity index (χ4v) is 2.90. The van der Waals surface area contributed by atoms with Gasteiger partial charge in [0.15, 0.2) is 0 Å². The highest BCUT2D eigenvalue weighted by Crippen LogP contribution is 2.22. The number of benzene rings is 2. The molecule has 0 atom stereocenters. The van der Waals surface area contributed by atoms with E-state index in [9.17, 15) is 18.0 Å². The van der Waals surface area contributed by atoms with Crippen LogP contribution in [0, 0.1) is 5.82 Å². The third-order valence-corrected chi connectivity index (χ3v) is 4.32. The van der Waals surface area contributed by atoms with E-state index >= 15 is 0 Å². The molecule has 0 fully saturated rings. The molecule has 0 amide bonds. The van der Waals surface area contributed by atoms with Gasteiger partial charge >= 0.3 is 12.6 Å². The number of esters is 1. The fraction of sp³-hybridized carbons (Fsp3) is 0.158. The van der Waals surface area contributed by atoms with Crippen molar-refractivity contribution in [3.8, 4) is 11.5 Å². The van der Waals surface area contributed by atoms with Gasteiger partial charge in [0.1, 0.15) is 41.1 Å². The van der Waals surface area contributed by atoms with Crippen LogP contribution >= 0.6 is 11.3 Å². The maximum Gasteiger partial charge on any atom is 0.387 e. The largest absolute Gasteiger partial charge is 0.486 e. The van der Waals surface area contributed by atoms with E-state index < -0.39 is 12.6 Å². The summed E-state index contributed by atoms with van der Waals surface area (Å²) in [7, 11) is 0. The van der Waals surface area contributed by atoms with Gasteiger partial charge in [-0.1, -0.05) is 12.1 Å². The van der Waals surface area contributed by atoms with Crippen molar-refractivity contribution in [2.75, 3.05) is 0 Å². The van der Waals surface area contributed by atoms with Crippen LogP contribution in [-0.4, -0.2) is 17.6 Å². The molecule has 0 radical (unpaired) electrons. The molecule has 0 bridgehead atoms. The lowest BCUT2D eigenvalue weighted by atomic mass is 10.2. The summed E-state index contributed by atoms with van der Waals surface area (Å²) in [5.41, 5.74) is 0.390. The van der Waals surface area contributed by atoms with Crippen LogP contribution in [0.3, 0.4) is 0 Å². The van der Waals surface area contributed by atoms with Gasteiger partial charge in [0, 0.05) is 5.38 Å². The first kappa shape index (κ1) is 19.7. The van der Waals surface area contributed by atoms with E-state index in [1.165, 1.54) is 59.9 Å². The predicted octanol–water partition coefficient (Wildman–Crippen LogP) is 4.82. The Morgan fingerprint density at radius 2 is 1.82 bits per heavy atom. The average molecular weight is 409 g/mol. The minimum Gasteiger partial charge on any atom is -0.486 e. The monoisotopic (exact) mass is 409 g/mol. The maximum absolute atomic E-state index is 12.9. The number of alkyl halides is 2. The Balaban J connectivity index is 1.54. The molecule has 0 aliphatic carbocycles. The lowest BCUT2D eigenvalue weighted by Gasteiger charge is -2.09. The van der Waals surface area contributed by atoms with Gasteiger partial charge in [-0.25, -0.2) is 14.2 Å². The highest BCUT2D eigenvalue weighted by molar-refractivity contribution is 7.09. The third kappa shape index (κ3) is 5.46. The number of hydrogen-bond donors (Lipinski definition) is 0.